The van der Waals surface area contributed by atoms with Gasteiger partial charge in [-0.25, -0.2) is 0 Å². The number of rotatable bonds is 2. The van der Waals surface area contributed by atoms with Crippen molar-refractivity contribution in [3.05, 3.63) is 58.4 Å². The summed E-state index contributed by atoms with van der Waals surface area (Å²) >= 11 is 0. The van der Waals surface area contributed by atoms with E-state index in [1.165, 1.54) is 25.3 Å². The Morgan fingerprint density at radius 3 is 2.50 bits per heavy atom. The van der Waals surface area contributed by atoms with E-state index < -0.39 is 0 Å². The Hall–Kier alpha value is -3.21. The van der Waals surface area contributed by atoms with Crippen LogP contribution < -0.4 is 15.3 Å². The molecule has 0 aliphatic rings. The Balaban J connectivity index is 2.06. The summed E-state index contributed by atoms with van der Waals surface area (Å²) < 4.78 is 16.6. The van der Waals surface area contributed by atoms with Gasteiger partial charge in [0.25, 0.3) is 0 Å². The lowest BCUT2D eigenvalue weighted by Crippen LogP contribution is -1.98. The van der Waals surface area contributed by atoms with E-state index in [1.54, 1.807) is 12.1 Å². The van der Waals surface area contributed by atoms with Crippen LogP contribution in [0.15, 0.2) is 56.1 Å². The molecule has 0 saturated heterocycles. The van der Waals surface area contributed by atoms with E-state index in [4.69, 9.17) is 13.6 Å². The summed E-state index contributed by atoms with van der Waals surface area (Å²) in [6.45, 7) is 1.82. The fraction of sp³-hybridized carbons (Fsp3) is 0.105. The van der Waals surface area contributed by atoms with Gasteiger partial charge >= 0.3 is 0 Å². The fourth-order valence-electron chi connectivity index (χ4n) is 2.87. The van der Waals surface area contributed by atoms with E-state index >= 15 is 0 Å². The van der Waals surface area contributed by atoms with Crippen LogP contribution in [-0.2, 0) is 0 Å². The summed E-state index contributed by atoms with van der Waals surface area (Å²) in [4.78, 5) is 11.9. The molecule has 0 aliphatic heterocycles. The van der Waals surface area contributed by atoms with Gasteiger partial charge in [0.1, 0.15) is 28.4 Å². The van der Waals surface area contributed by atoms with Gasteiger partial charge in [0.2, 0.25) is 0 Å². The summed E-state index contributed by atoms with van der Waals surface area (Å²) in [6, 6.07) is 11.4. The van der Waals surface area contributed by atoms with Crippen LogP contribution in [0, 0.1) is 6.92 Å². The average Bonchev–Trinajstić information content (AvgIpc) is 2.54. The molecule has 0 aliphatic carbocycles. The van der Waals surface area contributed by atoms with Crippen molar-refractivity contribution in [2.24, 2.45) is 0 Å². The summed E-state index contributed by atoms with van der Waals surface area (Å²) in [5.41, 5.74) is 1.45. The van der Waals surface area contributed by atoms with Crippen molar-refractivity contribution in [3.8, 4) is 22.8 Å². The van der Waals surface area contributed by atoms with E-state index in [2.05, 4.69) is 0 Å². The first-order chi connectivity index (χ1) is 11.5. The maximum absolute atomic E-state index is 11.9. The summed E-state index contributed by atoms with van der Waals surface area (Å²) in [6.07, 6.45) is 0. The summed E-state index contributed by atoms with van der Waals surface area (Å²) in [5, 5.41) is 13.3. The Bertz CT molecular complexity index is 1130. The minimum absolute atomic E-state index is 0.188. The van der Waals surface area contributed by atoms with Crippen molar-refractivity contribution in [2.45, 2.75) is 6.92 Å². The van der Waals surface area contributed by atoms with Crippen LogP contribution in [0.1, 0.15) is 5.76 Å². The Morgan fingerprint density at radius 2 is 1.75 bits per heavy atom. The van der Waals surface area contributed by atoms with Crippen LogP contribution in [0.2, 0.25) is 0 Å². The zero-order valence-corrected chi connectivity index (χ0v) is 13.1. The molecule has 2 heterocycles. The second-order valence-corrected chi connectivity index (χ2v) is 5.58. The van der Waals surface area contributed by atoms with Gasteiger partial charge in [0.15, 0.2) is 5.43 Å². The predicted molar refractivity (Wildman–Crippen MR) is 88.4 cm³/mol. The first-order valence-corrected chi connectivity index (χ1v) is 7.38. The monoisotopic (exact) mass is 321 g/mol. The number of methoxy groups -OCH3 is 1. The van der Waals surface area contributed by atoms with E-state index in [0.717, 1.165) is 10.8 Å². The molecule has 0 unspecified atom stereocenters. The second kappa shape index (κ2) is 5.16. The molecule has 0 bridgehead atoms. The van der Waals surface area contributed by atoms with E-state index in [1.807, 2.05) is 19.1 Å². The lowest BCUT2D eigenvalue weighted by Gasteiger charge is -2.14. The first kappa shape index (κ1) is 14.4. The smallest absolute Gasteiger partial charge is 0.186 e. The van der Waals surface area contributed by atoms with Crippen LogP contribution in [-0.4, -0.2) is 7.11 Å². The average molecular weight is 321 g/mol. The van der Waals surface area contributed by atoms with Gasteiger partial charge in [-0.2, -0.15) is 0 Å². The molecular weight excluding hydrogens is 308 g/mol. The molecule has 24 heavy (non-hydrogen) atoms. The van der Waals surface area contributed by atoms with Crippen LogP contribution in [0.4, 0.5) is 0 Å². The maximum Gasteiger partial charge on any atom is 0.186 e. The third-order valence-corrected chi connectivity index (χ3v) is 3.91. The maximum atomic E-state index is 11.9. The summed E-state index contributed by atoms with van der Waals surface area (Å²) in [7, 11) is 1.45. The minimum atomic E-state index is -0.198. The predicted octanol–water partition coefficient (Wildman–Crippen LogP) is 3.60. The molecule has 0 atom stereocenters. The van der Waals surface area contributed by atoms with E-state index in [0.29, 0.717) is 28.2 Å². The molecule has 5 nitrogen and oxygen atoms in total. The minimum Gasteiger partial charge on any atom is -0.870 e. The normalized spacial score (nSPS) is 11.2. The van der Waals surface area contributed by atoms with Crippen LogP contribution in [0.3, 0.4) is 0 Å². The highest BCUT2D eigenvalue weighted by atomic mass is 16.5. The summed E-state index contributed by atoms with van der Waals surface area (Å²) in [5.74, 6) is 1.28. The van der Waals surface area contributed by atoms with Crippen molar-refractivity contribution < 1.29 is 18.7 Å². The van der Waals surface area contributed by atoms with Gasteiger partial charge in [-0.05, 0) is 30.5 Å². The topological polar surface area (TPSA) is 75.6 Å². The van der Waals surface area contributed by atoms with Gasteiger partial charge in [0, 0.05) is 17.7 Å². The SMILES string of the molecule is COc1cc(-c2cc3cc(C)oc4cc(=O)cc(o2)c34)ccc1[O-]. The third kappa shape index (κ3) is 2.22. The van der Waals surface area contributed by atoms with Crippen molar-refractivity contribution in [2.75, 3.05) is 7.11 Å². The van der Waals surface area contributed by atoms with E-state index in [9.17, 15) is 9.90 Å². The Kier molecular flexibility index (Phi) is 3.09. The highest BCUT2D eigenvalue weighted by Crippen LogP contribution is 2.35. The van der Waals surface area contributed by atoms with Crippen molar-refractivity contribution in [3.63, 3.8) is 0 Å². The lowest BCUT2D eigenvalue weighted by molar-refractivity contribution is -0.270. The van der Waals surface area contributed by atoms with Crippen molar-refractivity contribution >= 4 is 21.9 Å². The third-order valence-electron chi connectivity index (χ3n) is 3.91. The van der Waals surface area contributed by atoms with Gasteiger partial charge in [-0.1, -0.05) is 17.9 Å². The van der Waals surface area contributed by atoms with Crippen LogP contribution in [0.25, 0.3) is 33.3 Å². The standard InChI is InChI=1S/C19H14O5/c1-10-5-12-7-15(11-3-4-14(21)16(6-11)22-2)24-18-9-13(20)8-17(23-10)19(12)18/h3-9,21H,1-2H3/p-1. The van der Waals surface area contributed by atoms with Gasteiger partial charge in [-0.15, -0.1) is 0 Å². The molecule has 0 radical (unpaired) electrons. The number of ether oxygens (including phenoxy) is 1. The molecule has 0 saturated carbocycles. The molecule has 120 valence electrons. The number of benzene rings is 2. The van der Waals surface area contributed by atoms with Gasteiger partial charge in [-0.3, -0.25) is 4.79 Å². The molecular formula is C19H13O5-. The largest absolute Gasteiger partial charge is 0.870 e. The second-order valence-electron chi connectivity index (χ2n) is 5.58. The zero-order chi connectivity index (χ0) is 16.8. The van der Waals surface area contributed by atoms with Crippen molar-refractivity contribution in [1.82, 2.24) is 0 Å². The Morgan fingerprint density at radius 1 is 1.00 bits per heavy atom. The lowest BCUT2D eigenvalue weighted by atomic mass is 10.1. The number of hydrogen-bond acceptors (Lipinski definition) is 5. The molecule has 0 amide bonds. The van der Waals surface area contributed by atoms with Crippen LogP contribution in [0.5, 0.6) is 11.5 Å². The Labute approximate surface area is 136 Å². The molecule has 0 spiro atoms. The fourth-order valence-corrected chi connectivity index (χ4v) is 2.87. The van der Waals surface area contributed by atoms with E-state index in [-0.39, 0.29) is 16.9 Å². The number of hydrogen-bond donors (Lipinski definition) is 0. The quantitative estimate of drug-likeness (QED) is 0.564. The van der Waals surface area contributed by atoms with Crippen molar-refractivity contribution in [1.29, 1.82) is 0 Å². The van der Waals surface area contributed by atoms with Gasteiger partial charge < -0.3 is 18.7 Å². The molecule has 2 aromatic carbocycles. The first-order valence-electron chi connectivity index (χ1n) is 7.38. The van der Waals surface area contributed by atoms with Gasteiger partial charge in [0.05, 0.1) is 12.5 Å². The molecule has 0 N–H and O–H groups in total. The molecule has 4 rings (SSSR count). The number of aryl methyl sites for hydroxylation is 1. The highest BCUT2D eigenvalue weighted by Gasteiger charge is 2.12. The van der Waals surface area contributed by atoms with Crippen LogP contribution >= 0.6 is 0 Å². The molecule has 4 aromatic rings. The highest BCUT2D eigenvalue weighted by molar-refractivity contribution is 6.06. The molecule has 2 aromatic heterocycles. The zero-order valence-electron chi connectivity index (χ0n) is 13.1. The molecule has 0 fully saturated rings. The molecule has 5 heteroatoms.